The Kier molecular flexibility index (Phi) is 6.12. The number of rotatable bonds is 2. The SMILES string of the molecule is COc1ccc2c(c1)OC(C)(C)C/C2=N\O.Cc1ccc(S(=O)(=O)O)cc1. The fourth-order valence-electron chi connectivity index (χ4n) is 2.58. The minimum atomic E-state index is -4.02. The summed E-state index contributed by atoms with van der Waals surface area (Å²) in [5.74, 6) is 1.43. The molecule has 0 aliphatic carbocycles. The highest BCUT2D eigenvalue weighted by Crippen LogP contribution is 2.35. The molecule has 0 bridgehead atoms. The van der Waals surface area contributed by atoms with Gasteiger partial charge in [-0.3, -0.25) is 4.55 Å². The van der Waals surface area contributed by atoms with Gasteiger partial charge in [-0.25, -0.2) is 0 Å². The Bertz CT molecular complexity index is 933. The fraction of sp³-hybridized carbons (Fsp3) is 0.316. The van der Waals surface area contributed by atoms with E-state index in [1.54, 1.807) is 25.3 Å². The number of nitrogens with zero attached hydrogens (tertiary/aromatic N) is 1. The summed E-state index contributed by atoms with van der Waals surface area (Å²) in [6.45, 7) is 5.76. The fourth-order valence-corrected chi connectivity index (χ4v) is 3.06. The van der Waals surface area contributed by atoms with Crippen LogP contribution >= 0.6 is 0 Å². The van der Waals surface area contributed by atoms with Gasteiger partial charge in [0.1, 0.15) is 17.1 Å². The minimum Gasteiger partial charge on any atom is -0.497 e. The van der Waals surface area contributed by atoms with Crippen molar-refractivity contribution in [1.82, 2.24) is 0 Å². The van der Waals surface area contributed by atoms with Crippen LogP contribution in [0.15, 0.2) is 52.5 Å². The number of ether oxygens (including phenoxy) is 2. The van der Waals surface area contributed by atoms with Crippen LogP contribution in [0.4, 0.5) is 0 Å². The number of methoxy groups -OCH3 is 1. The zero-order valence-corrected chi connectivity index (χ0v) is 16.4. The van der Waals surface area contributed by atoms with Crippen molar-refractivity contribution in [3.8, 4) is 11.5 Å². The van der Waals surface area contributed by atoms with Gasteiger partial charge in [0.25, 0.3) is 10.1 Å². The molecule has 1 aliphatic rings. The predicted octanol–water partition coefficient (Wildman–Crippen LogP) is 3.68. The second kappa shape index (κ2) is 7.98. The number of aryl methyl sites for hydroxylation is 1. The van der Waals surface area contributed by atoms with Crippen molar-refractivity contribution in [3.05, 3.63) is 53.6 Å². The normalized spacial score (nSPS) is 16.6. The summed E-state index contributed by atoms with van der Waals surface area (Å²) in [4.78, 5) is -0.0666. The van der Waals surface area contributed by atoms with Gasteiger partial charge in [-0.15, -0.1) is 0 Å². The maximum Gasteiger partial charge on any atom is 0.294 e. The number of hydrogen-bond acceptors (Lipinski definition) is 6. The lowest BCUT2D eigenvalue weighted by molar-refractivity contribution is 0.109. The lowest BCUT2D eigenvalue weighted by Gasteiger charge is -2.32. The van der Waals surface area contributed by atoms with Crippen LogP contribution in [0.3, 0.4) is 0 Å². The van der Waals surface area contributed by atoms with E-state index in [2.05, 4.69) is 5.16 Å². The van der Waals surface area contributed by atoms with E-state index < -0.39 is 10.1 Å². The number of benzene rings is 2. The maximum atomic E-state index is 10.5. The molecular weight excluding hydrogens is 370 g/mol. The molecule has 0 atom stereocenters. The van der Waals surface area contributed by atoms with E-state index in [4.69, 9.17) is 19.2 Å². The van der Waals surface area contributed by atoms with Crippen LogP contribution in [0.25, 0.3) is 0 Å². The molecule has 2 aromatic carbocycles. The van der Waals surface area contributed by atoms with Gasteiger partial charge < -0.3 is 14.7 Å². The average molecular weight is 393 g/mol. The maximum absolute atomic E-state index is 10.5. The lowest BCUT2D eigenvalue weighted by atomic mass is 9.92. The molecule has 0 saturated carbocycles. The molecule has 7 nitrogen and oxygen atoms in total. The van der Waals surface area contributed by atoms with Gasteiger partial charge in [0, 0.05) is 18.1 Å². The Labute approximate surface area is 159 Å². The molecule has 0 fully saturated rings. The monoisotopic (exact) mass is 393 g/mol. The Morgan fingerprint density at radius 2 is 1.78 bits per heavy atom. The van der Waals surface area contributed by atoms with E-state index in [9.17, 15) is 8.42 Å². The van der Waals surface area contributed by atoms with E-state index in [0.717, 1.165) is 16.9 Å². The van der Waals surface area contributed by atoms with Crippen LogP contribution in [-0.4, -0.2) is 36.6 Å². The van der Waals surface area contributed by atoms with Crippen LogP contribution in [0.5, 0.6) is 11.5 Å². The van der Waals surface area contributed by atoms with Gasteiger partial charge in [0.15, 0.2) is 0 Å². The third-order valence-electron chi connectivity index (χ3n) is 3.92. The number of fused-ring (bicyclic) bond motifs is 1. The van der Waals surface area contributed by atoms with Crippen molar-refractivity contribution in [3.63, 3.8) is 0 Å². The van der Waals surface area contributed by atoms with Gasteiger partial charge in [-0.1, -0.05) is 22.9 Å². The zero-order chi connectivity index (χ0) is 20.2. The van der Waals surface area contributed by atoms with E-state index >= 15 is 0 Å². The van der Waals surface area contributed by atoms with Gasteiger partial charge in [-0.2, -0.15) is 8.42 Å². The molecule has 8 heteroatoms. The molecule has 0 aromatic heterocycles. The van der Waals surface area contributed by atoms with E-state index in [0.29, 0.717) is 17.9 Å². The van der Waals surface area contributed by atoms with Gasteiger partial charge in [0.05, 0.1) is 17.7 Å². The first kappa shape index (κ1) is 20.7. The van der Waals surface area contributed by atoms with Gasteiger partial charge in [0.2, 0.25) is 0 Å². The highest BCUT2D eigenvalue weighted by Gasteiger charge is 2.31. The van der Waals surface area contributed by atoms with Crippen molar-refractivity contribution < 1.29 is 27.7 Å². The summed E-state index contributed by atoms with van der Waals surface area (Å²) < 4.78 is 40.5. The molecule has 0 amide bonds. The van der Waals surface area contributed by atoms with Crippen molar-refractivity contribution in [2.45, 2.75) is 37.7 Å². The second-order valence-corrected chi connectivity index (χ2v) is 8.16. The van der Waals surface area contributed by atoms with Crippen molar-refractivity contribution in [1.29, 1.82) is 0 Å². The highest BCUT2D eigenvalue weighted by atomic mass is 32.2. The highest BCUT2D eigenvalue weighted by molar-refractivity contribution is 7.85. The lowest BCUT2D eigenvalue weighted by Crippen LogP contribution is -2.36. The van der Waals surface area contributed by atoms with E-state index in [1.165, 1.54) is 12.1 Å². The smallest absolute Gasteiger partial charge is 0.294 e. The minimum absolute atomic E-state index is 0.0666. The van der Waals surface area contributed by atoms with Crippen LogP contribution in [0.1, 0.15) is 31.4 Å². The molecule has 1 heterocycles. The molecule has 2 N–H and O–H groups in total. The summed E-state index contributed by atoms with van der Waals surface area (Å²) in [5.41, 5.74) is 2.06. The summed E-state index contributed by atoms with van der Waals surface area (Å²) in [7, 11) is -2.41. The quantitative estimate of drug-likeness (QED) is 0.458. The Hall–Kier alpha value is -2.58. The first-order valence-electron chi connectivity index (χ1n) is 8.18. The number of hydrogen-bond donors (Lipinski definition) is 2. The molecule has 0 spiro atoms. The molecule has 3 rings (SSSR count). The first-order valence-corrected chi connectivity index (χ1v) is 9.62. The molecule has 146 valence electrons. The van der Waals surface area contributed by atoms with Crippen LogP contribution < -0.4 is 9.47 Å². The molecule has 27 heavy (non-hydrogen) atoms. The van der Waals surface area contributed by atoms with Crippen molar-refractivity contribution in [2.75, 3.05) is 7.11 Å². The Morgan fingerprint density at radius 3 is 2.30 bits per heavy atom. The topological polar surface area (TPSA) is 105 Å². The first-order chi connectivity index (χ1) is 12.6. The van der Waals surface area contributed by atoms with Gasteiger partial charge in [-0.05, 0) is 45.0 Å². The summed E-state index contributed by atoms with van der Waals surface area (Å²) in [6.07, 6.45) is 0.586. The summed E-state index contributed by atoms with van der Waals surface area (Å²) in [6, 6.07) is 11.5. The molecule has 1 aliphatic heterocycles. The molecule has 0 saturated heterocycles. The largest absolute Gasteiger partial charge is 0.497 e. The van der Waals surface area contributed by atoms with Crippen molar-refractivity contribution in [2.24, 2.45) is 5.16 Å². The molecule has 2 aromatic rings. The molecule has 0 radical (unpaired) electrons. The molecule has 0 unspecified atom stereocenters. The zero-order valence-electron chi connectivity index (χ0n) is 15.6. The van der Waals surface area contributed by atoms with Crippen molar-refractivity contribution >= 4 is 15.8 Å². The summed E-state index contributed by atoms with van der Waals surface area (Å²) >= 11 is 0. The number of oxime groups is 1. The summed E-state index contributed by atoms with van der Waals surface area (Å²) in [5, 5.41) is 12.3. The second-order valence-electron chi connectivity index (χ2n) is 6.74. The van der Waals surface area contributed by atoms with E-state index in [-0.39, 0.29) is 10.5 Å². The molecular formula is C19H23NO6S. The average Bonchev–Trinajstić information content (AvgIpc) is 2.59. The Morgan fingerprint density at radius 1 is 1.15 bits per heavy atom. The van der Waals surface area contributed by atoms with Crippen LogP contribution in [-0.2, 0) is 10.1 Å². The van der Waals surface area contributed by atoms with Crippen LogP contribution in [0.2, 0.25) is 0 Å². The third-order valence-corrected chi connectivity index (χ3v) is 4.79. The Balaban J connectivity index is 0.000000208. The predicted molar refractivity (Wildman–Crippen MR) is 102 cm³/mol. The van der Waals surface area contributed by atoms with Crippen LogP contribution in [0, 0.1) is 6.92 Å². The standard InChI is InChI=1S/C12H15NO3.C7H8O3S/c1-12(2)7-10(13-14)9-5-4-8(15-3)6-11(9)16-12;1-6-2-4-7(5-3-6)11(8,9)10/h4-6,14H,7H2,1-3H3;2-5H,1H3,(H,8,9,10)/b13-10+;. The third kappa shape index (κ3) is 5.45. The van der Waals surface area contributed by atoms with Gasteiger partial charge >= 0.3 is 0 Å². The van der Waals surface area contributed by atoms with E-state index in [1.807, 2.05) is 32.9 Å².